The van der Waals surface area contributed by atoms with E-state index >= 15 is 0 Å². The number of quaternary nitrogens is 1. The highest BCUT2D eigenvalue weighted by molar-refractivity contribution is 7.45. The number of nitrogens with one attached hydrogen (secondary N) is 1. The molecule has 0 rings (SSSR count). The lowest BCUT2D eigenvalue weighted by Gasteiger charge is -2.30. The predicted molar refractivity (Wildman–Crippen MR) is 298 cm³/mol. The van der Waals surface area contributed by atoms with Crippen molar-refractivity contribution in [3.8, 4) is 0 Å². The van der Waals surface area contributed by atoms with Gasteiger partial charge in [0.25, 0.3) is 7.82 Å². The van der Waals surface area contributed by atoms with Gasteiger partial charge in [-0.2, -0.15) is 0 Å². The number of allylic oxidation sites excluding steroid dienone is 13. The fourth-order valence-electron chi connectivity index (χ4n) is 7.85. The van der Waals surface area contributed by atoms with Crippen LogP contribution >= 0.6 is 7.82 Å². The summed E-state index contributed by atoms with van der Waals surface area (Å²) in [7, 11) is 1.15. The third-order valence-corrected chi connectivity index (χ3v) is 13.2. The Morgan fingerprint density at radius 3 is 1.39 bits per heavy atom. The SMILES string of the molecule is CC\C=C/C=C/C=C/C=C\C=C\C=C\CCCCCC(=O)OC(/C=C/CCCCCCCCCCC)C(COP(=O)([O-])OCC[N+](C)(C)C)NC(=O)CCCCCCCCCCCCCCCCCC. The zero-order valence-corrected chi connectivity index (χ0v) is 46.8. The molecule has 0 saturated carbocycles. The van der Waals surface area contributed by atoms with Gasteiger partial charge in [-0.1, -0.05) is 254 Å². The first-order valence-electron chi connectivity index (χ1n) is 28.5. The highest BCUT2D eigenvalue weighted by atomic mass is 31.2. The lowest BCUT2D eigenvalue weighted by molar-refractivity contribution is -0.870. The quantitative estimate of drug-likeness (QED) is 0.0161. The minimum absolute atomic E-state index is 0.0325. The Labute approximate surface area is 431 Å². The standard InChI is InChI=1S/C60H107N2O7P/c1-7-10-13-16-19-22-25-27-29-31-33-35-38-41-44-47-50-53-60(64)69-58(51-48-45-42-39-36-24-21-18-15-12-9-3)57(56-68-70(65,66)67-55-54-62(4,5)6)61-59(63)52-49-46-43-40-37-34-32-30-28-26-23-20-17-14-11-8-2/h10,13,16,19,22,25,27,29,31,33,35,38,48,51,57-58H,7-9,11-12,14-15,17-18,20-21,23-24,26,28,30,32,34,36-37,39-47,49-50,52-56H2,1-6H3,(H-,61,63,65,66)/b13-10-,19-16+,25-22+,29-27-,33-31+,38-35+,51-48+. The summed E-state index contributed by atoms with van der Waals surface area (Å²) in [6.07, 6.45) is 64.0. The number of hydrogen-bond donors (Lipinski definition) is 1. The van der Waals surface area contributed by atoms with E-state index in [-0.39, 0.29) is 24.9 Å². The molecule has 1 N–H and O–H groups in total. The summed E-state index contributed by atoms with van der Waals surface area (Å²) in [4.78, 5) is 39.8. The molecule has 0 fully saturated rings. The molecule has 0 aromatic rings. The maximum Gasteiger partial charge on any atom is 0.306 e. The van der Waals surface area contributed by atoms with Crippen LogP contribution in [0.3, 0.4) is 0 Å². The van der Waals surface area contributed by atoms with Gasteiger partial charge in [-0.3, -0.25) is 14.2 Å². The number of esters is 1. The number of ether oxygens (including phenoxy) is 1. The molecule has 10 heteroatoms. The van der Waals surface area contributed by atoms with Crippen molar-refractivity contribution >= 4 is 19.7 Å². The lowest BCUT2D eigenvalue weighted by atomic mass is 10.0. The molecule has 0 aliphatic rings. The van der Waals surface area contributed by atoms with Crippen molar-refractivity contribution in [2.24, 2.45) is 0 Å². The Morgan fingerprint density at radius 1 is 0.514 bits per heavy atom. The van der Waals surface area contributed by atoms with Crippen molar-refractivity contribution in [3.05, 3.63) is 85.1 Å². The maximum absolute atomic E-state index is 13.5. The molecule has 0 bridgehead atoms. The zero-order valence-electron chi connectivity index (χ0n) is 45.9. The molecule has 0 saturated heterocycles. The van der Waals surface area contributed by atoms with Crippen LogP contribution in [0, 0.1) is 0 Å². The van der Waals surface area contributed by atoms with Crippen molar-refractivity contribution in [2.75, 3.05) is 40.9 Å². The molecule has 3 atom stereocenters. The number of rotatable bonds is 50. The van der Waals surface area contributed by atoms with E-state index in [1.54, 1.807) is 0 Å². The molecular weight excluding hydrogens is 892 g/mol. The van der Waals surface area contributed by atoms with E-state index in [1.807, 2.05) is 94.1 Å². The van der Waals surface area contributed by atoms with Crippen LogP contribution < -0.4 is 10.2 Å². The molecule has 0 heterocycles. The fourth-order valence-corrected chi connectivity index (χ4v) is 8.57. The van der Waals surface area contributed by atoms with Gasteiger partial charge in [0, 0.05) is 12.8 Å². The van der Waals surface area contributed by atoms with Gasteiger partial charge in [-0.05, 0) is 51.0 Å². The highest BCUT2D eigenvalue weighted by Gasteiger charge is 2.27. The molecule has 0 aromatic heterocycles. The highest BCUT2D eigenvalue weighted by Crippen LogP contribution is 2.38. The summed E-state index contributed by atoms with van der Waals surface area (Å²) in [6, 6.07) is -0.907. The van der Waals surface area contributed by atoms with Crippen LogP contribution in [0.1, 0.15) is 233 Å². The van der Waals surface area contributed by atoms with E-state index < -0.39 is 26.6 Å². The first kappa shape index (κ1) is 67.2. The van der Waals surface area contributed by atoms with E-state index in [0.717, 1.165) is 64.2 Å². The number of amides is 1. The third kappa shape index (κ3) is 50.1. The van der Waals surface area contributed by atoms with Crippen LogP contribution in [-0.4, -0.2) is 69.4 Å². The number of unbranched alkanes of at least 4 members (excludes halogenated alkanes) is 27. The van der Waals surface area contributed by atoms with Gasteiger partial charge < -0.3 is 28.5 Å². The van der Waals surface area contributed by atoms with Crippen molar-refractivity contribution < 1.29 is 37.3 Å². The molecule has 9 nitrogen and oxygen atoms in total. The Balaban J connectivity index is 5.41. The Morgan fingerprint density at radius 2 is 0.914 bits per heavy atom. The normalized spacial score (nSPS) is 14.4. The first-order chi connectivity index (χ1) is 33.9. The second-order valence-electron chi connectivity index (χ2n) is 20.2. The van der Waals surface area contributed by atoms with Crippen LogP contribution in [0.4, 0.5) is 0 Å². The van der Waals surface area contributed by atoms with E-state index in [0.29, 0.717) is 23.9 Å². The topological polar surface area (TPSA) is 114 Å². The van der Waals surface area contributed by atoms with E-state index in [2.05, 4.69) is 38.2 Å². The van der Waals surface area contributed by atoms with Crippen LogP contribution in [0.5, 0.6) is 0 Å². The molecule has 0 spiro atoms. The first-order valence-corrected chi connectivity index (χ1v) is 29.9. The summed E-state index contributed by atoms with van der Waals surface area (Å²) in [6.45, 7) is 6.65. The average Bonchev–Trinajstić information content (AvgIpc) is 3.32. The number of likely N-dealkylation sites (N-methyl/N-ethyl adjacent to an activating group) is 1. The maximum atomic E-state index is 13.5. The van der Waals surface area contributed by atoms with Gasteiger partial charge in [-0.25, -0.2) is 0 Å². The van der Waals surface area contributed by atoms with Gasteiger partial charge in [-0.15, -0.1) is 0 Å². The number of hydrogen-bond acceptors (Lipinski definition) is 7. The largest absolute Gasteiger partial charge is 0.756 e. The van der Waals surface area contributed by atoms with Crippen molar-refractivity contribution in [2.45, 2.75) is 245 Å². The van der Waals surface area contributed by atoms with E-state index in [9.17, 15) is 19.0 Å². The van der Waals surface area contributed by atoms with Crippen LogP contribution in [0.2, 0.25) is 0 Å². The Kier molecular flexibility index (Phi) is 47.8. The van der Waals surface area contributed by atoms with E-state index in [4.69, 9.17) is 13.8 Å². The van der Waals surface area contributed by atoms with Crippen LogP contribution in [0.15, 0.2) is 85.1 Å². The van der Waals surface area contributed by atoms with Gasteiger partial charge >= 0.3 is 5.97 Å². The Hall–Kier alpha value is -2.81. The minimum Gasteiger partial charge on any atom is -0.756 e. The number of nitrogens with zero attached hydrogens (tertiary/aromatic N) is 1. The Bertz CT molecular complexity index is 1480. The number of phosphoric ester groups is 1. The lowest BCUT2D eigenvalue weighted by Crippen LogP contribution is -2.47. The van der Waals surface area contributed by atoms with Gasteiger partial charge in [0.1, 0.15) is 19.3 Å². The molecule has 404 valence electrons. The minimum atomic E-state index is -4.71. The van der Waals surface area contributed by atoms with Crippen molar-refractivity contribution in [1.29, 1.82) is 0 Å². The van der Waals surface area contributed by atoms with Gasteiger partial charge in [0.2, 0.25) is 5.91 Å². The van der Waals surface area contributed by atoms with Crippen molar-refractivity contribution in [1.82, 2.24) is 5.32 Å². The number of carbonyl (C=O) groups excluding carboxylic acids is 2. The average molecular weight is 999 g/mol. The molecule has 0 aliphatic heterocycles. The summed E-state index contributed by atoms with van der Waals surface area (Å²) in [5.41, 5.74) is 0. The number of carbonyl (C=O) groups is 2. The summed E-state index contributed by atoms with van der Waals surface area (Å²) in [5, 5.41) is 3.01. The monoisotopic (exact) mass is 999 g/mol. The fraction of sp³-hybridized carbons (Fsp3) is 0.733. The second-order valence-corrected chi connectivity index (χ2v) is 21.6. The molecule has 70 heavy (non-hydrogen) atoms. The predicted octanol–water partition coefficient (Wildman–Crippen LogP) is 16.4. The summed E-state index contributed by atoms with van der Waals surface area (Å²) >= 11 is 0. The zero-order chi connectivity index (χ0) is 51.5. The van der Waals surface area contributed by atoms with Crippen LogP contribution in [0.25, 0.3) is 0 Å². The van der Waals surface area contributed by atoms with Crippen LogP contribution in [-0.2, 0) is 27.9 Å². The molecule has 1 amide bonds. The van der Waals surface area contributed by atoms with Gasteiger partial charge in [0.05, 0.1) is 33.8 Å². The number of phosphoric acid groups is 1. The molecule has 0 aliphatic carbocycles. The molecular formula is C60H107N2O7P. The van der Waals surface area contributed by atoms with Gasteiger partial charge in [0.15, 0.2) is 0 Å². The second kappa shape index (κ2) is 49.8. The van der Waals surface area contributed by atoms with E-state index in [1.165, 1.54) is 128 Å². The summed E-state index contributed by atoms with van der Waals surface area (Å²) < 4.78 is 30.2. The van der Waals surface area contributed by atoms with Crippen molar-refractivity contribution in [3.63, 3.8) is 0 Å². The molecule has 0 aromatic carbocycles. The molecule has 0 radical (unpaired) electrons. The third-order valence-electron chi connectivity index (χ3n) is 12.3. The summed E-state index contributed by atoms with van der Waals surface area (Å²) in [5.74, 6) is -0.593. The smallest absolute Gasteiger partial charge is 0.306 e. The molecule has 3 unspecified atom stereocenters.